The Hall–Kier alpha value is -2.25. The maximum Gasteiger partial charge on any atom is 0.280 e. The molecule has 0 aliphatic rings. The Bertz CT molecular complexity index is 779. The van der Waals surface area contributed by atoms with E-state index in [4.69, 9.17) is 0 Å². The molecule has 23 heavy (non-hydrogen) atoms. The van der Waals surface area contributed by atoms with Crippen LogP contribution >= 0.6 is 22.7 Å². The van der Waals surface area contributed by atoms with Crippen molar-refractivity contribution in [1.29, 1.82) is 0 Å². The molecule has 0 atom stereocenters. The molecule has 2 N–H and O–H groups in total. The number of benzene rings is 1. The summed E-state index contributed by atoms with van der Waals surface area (Å²) < 4.78 is 1.00. The second kappa shape index (κ2) is 7.34. The van der Waals surface area contributed by atoms with Gasteiger partial charge < -0.3 is 10.6 Å². The SMILES string of the molecule is O=C(NCCCNC(=O)c1nc2ccccc2s1)c1cccs1. The molecule has 5 nitrogen and oxygen atoms in total. The molecule has 1 aromatic carbocycles. The highest BCUT2D eigenvalue weighted by atomic mass is 32.1. The number of hydrogen-bond acceptors (Lipinski definition) is 5. The summed E-state index contributed by atoms with van der Waals surface area (Å²) in [5.41, 5.74) is 0.839. The molecule has 2 heterocycles. The second-order valence-electron chi connectivity index (χ2n) is 4.83. The van der Waals surface area contributed by atoms with Crippen molar-refractivity contribution >= 4 is 44.7 Å². The van der Waals surface area contributed by atoms with Gasteiger partial charge in [-0.1, -0.05) is 18.2 Å². The number of hydrogen-bond donors (Lipinski definition) is 2. The van der Waals surface area contributed by atoms with E-state index in [2.05, 4.69) is 15.6 Å². The molecule has 0 unspecified atom stereocenters. The van der Waals surface area contributed by atoms with Crippen molar-refractivity contribution in [3.05, 3.63) is 51.7 Å². The zero-order valence-corrected chi connectivity index (χ0v) is 13.9. The van der Waals surface area contributed by atoms with Gasteiger partial charge in [-0.2, -0.15) is 0 Å². The number of carbonyl (C=O) groups is 2. The summed E-state index contributed by atoms with van der Waals surface area (Å²) in [4.78, 5) is 28.8. The molecule has 118 valence electrons. The summed E-state index contributed by atoms with van der Waals surface area (Å²) in [5, 5.41) is 7.99. The van der Waals surface area contributed by atoms with E-state index in [-0.39, 0.29) is 11.8 Å². The van der Waals surface area contributed by atoms with Crippen molar-refractivity contribution < 1.29 is 9.59 Å². The summed E-state index contributed by atoms with van der Waals surface area (Å²) in [5.74, 6) is -0.242. The Morgan fingerprint density at radius 3 is 2.52 bits per heavy atom. The quantitative estimate of drug-likeness (QED) is 0.675. The molecule has 0 aliphatic heterocycles. The molecule has 3 aromatic rings. The molecule has 2 amide bonds. The zero-order chi connectivity index (χ0) is 16.1. The molecule has 0 spiro atoms. The third kappa shape index (κ3) is 3.94. The molecular formula is C16H15N3O2S2. The minimum Gasteiger partial charge on any atom is -0.351 e. The highest BCUT2D eigenvalue weighted by molar-refractivity contribution is 7.20. The summed E-state index contributed by atoms with van der Waals surface area (Å²) in [6.45, 7) is 1.02. The lowest BCUT2D eigenvalue weighted by Crippen LogP contribution is -2.29. The minimum atomic E-state index is -0.171. The maximum absolute atomic E-state index is 12.0. The predicted octanol–water partition coefficient (Wildman–Crippen LogP) is 2.91. The molecule has 0 aliphatic carbocycles. The van der Waals surface area contributed by atoms with E-state index in [1.165, 1.54) is 22.7 Å². The number of nitrogens with one attached hydrogen (secondary N) is 2. The number of rotatable bonds is 6. The zero-order valence-electron chi connectivity index (χ0n) is 12.2. The van der Waals surface area contributed by atoms with Gasteiger partial charge in [-0.15, -0.1) is 22.7 Å². The number of carbonyl (C=O) groups excluding carboxylic acids is 2. The number of para-hydroxylation sites is 1. The van der Waals surface area contributed by atoms with Gasteiger partial charge in [-0.25, -0.2) is 4.98 Å². The van der Waals surface area contributed by atoms with Crippen LogP contribution in [0.4, 0.5) is 0 Å². The number of nitrogens with zero attached hydrogens (tertiary/aromatic N) is 1. The number of aromatic nitrogens is 1. The van der Waals surface area contributed by atoms with Crippen LogP contribution in [-0.2, 0) is 0 Å². The van der Waals surface area contributed by atoms with Gasteiger partial charge in [0.05, 0.1) is 15.1 Å². The van der Waals surface area contributed by atoms with Gasteiger partial charge in [-0.3, -0.25) is 9.59 Å². The maximum atomic E-state index is 12.0. The summed E-state index contributed by atoms with van der Waals surface area (Å²) in [7, 11) is 0. The average Bonchev–Trinajstić information content (AvgIpc) is 3.23. The van der Waals surface area contributed by atoms with Crippen molar-refractivity contribution in [3.8, 4) is 0 Å². The first-order chi connectivity index (χ1) is 11.2. The number of amides is 2. The van der Waals surface area contributed by atoms with Gasteiger partial charge in [0, 0.05) is 13.1 Å². The van der Waals surface area contributed by atoms with Crippen LogP contribution in [0.15, 0.2) is 41.8 Å². The van der Waals surface area contributed by atoms with Gasteiger partial charge in [0.25, 0.3) is 11.8 Å². The van der Waals surface area contributed by atoms with Crippen molar-refractivity contribution in [1.82, 2.24) is 15.6 Å². The van der Waals surface area contributed by atoms with E-state index in [9.17, 15) is 9.59 Å². The Labute approximate surface area is 141 Å². The van der Waals surface area contributed by atoms with E-state index < -0.39 is 0 Å². The van der Waals surface area contributed by atoms with Gasteiger partial charge in [0.1, 0.15) is 0 Å². The molecule has 2 aromatic heterocycles. The van der Waals surface area contributed by atoms with Gasteiger partial charge >= 0.3 is 0 Å². The van der Waals surface area contributed by atoms with E-state index in [1.807, 2.05) is 35.7 Å². The fourth-order valence-electron chi connectivity index (χ4n) is 2.03. The topological polar surface area (TPSA) is 71.1 Å². The van der Waals surface area contributed by atoms with Crippen LogP contribution in [0.5, 0.6) is 0 Å². The fraction of sp³-hybridized carbons (Fsp3) is 0.188. The molecule has 0 saturated carbocycles. The molecule has 0 fully saturated rings. The molecular weight excluding hydrogens is 330 g/mol. The lowest BCUT2D eigenvalue weighted by Gasteiger charge is -2.04. The highest BCUT2D eigenvalue weighted by Gasteiger charge is 2.11. The predicted molar refractivity (Wildman–Crippen MR) is 93.2 cm³/mol. The summed E-state index contributed by atoms with van der Waals surface area (Å²) in [6, 6.07) is 11.3. The lowest BCUT2D eigenvalue weighted by molar-refractivity contribution is 0.0952. The van der Waals surface area contributed by atoms with Gasteiger partial charge in [0.15, 0.2) is 5.01 Å². The Balaban J connectivity index is 1.42. The largest absolute Gasteiger partial charge is 0.351 e. The van der Waals surface area contributed by atoms with Crippen molar-refractivity contribution in [3.63, 3.8) is 0 Å². The normalized spacial score (nSPS) is 10.6. The first kappa shape index (κ1) is 15.6. The number of thiazole rings is 1. The number of thiophene rings is 1. The third-order valence-electron chi connectivity index (χ3n) is 3.16. The Morgan fingerprint density at radius 2 is 1.78 bits per heavy atom. The van der Waals surface area contributed by atoms with E-state index in [0.29, 0.717) is 29.4 Å². The summed E-state index contributed by atoms with van der Waals surface area (Å²) in [6.07, 6.45) is 0.674. The second-order valence-corrected chi connectivity index (χ2v) is 6.81. The lowest BCUT2D eigenvalue weighted by atomic mass is 10.3. The van der Waals surface area contributed by atoms with Crippen molar-refractivity contribution in [2.45, 2.75) is 6.42 Å². The van der Waals surface area contributed by atoms with Crippen LogP contribution in [0.25, 0.3) is 10.2 Å². The first-order valence-corrected chi connectivity index (χ1v) is 8.89. The average molecular weight is 345 g/mol. The fourth-order valence-corrected chi connectivity index (χ4v) is 3.55. The smallest absolute Gasteiger partial charge is 0.280 e. The van der Waals surface area contributed by atoms with Gasteiger partial charge in [0.2, 0.25) is 0 Å². The van der Waals surface area contributed by atoms with Crippen molar-refractivity contribution in [2.75, 3.05) is 13.1 Å². The minimum absolute atomic E-state index is 0.0718. The first-order valence-electron chi connectivity index (χ1n) is 7.19. The van der Waals surface area contributed by atoms with Crippen LogP contribution in [0, 0.1) is 0 Å². The van der Waals surface area contributed by atoms with Gasteiger partial charge in [-0.05, 0) is 30.0 Å². The van der Waals surface area contributed by atoms with Crippen LogP contribution in [-0.4, -0.2) is 29.9 Å². The molecule has 3 rings (SSSR count). The van der Waals surface area contributed by atoms with E-state index in [1.54, 1.807) is 6.07 Å². The van der Waals surface area contributed by atoms with E-state index in [0.717, 1.165) is 10.2 Å². The Kier molecular flexibility index (Phi) is 4.99. The number of fused-ring (bicyclic) bond motifs is 1. The summed E-state index contributed by atoms with van der Waals surface area (Å²) >= 11 is 2.79. The molecule has 7 heteroatoms. The van der Waals surface area contributed by atoms with E-state index >= 15 is 0 Å². The van der Waals surface area contributed by atoms with Crippen LogP contribution in [0.2, 0.25) is 0 Å². The highest BCUT2D eigenvalue weighted by Crippen LogP contribution is 2.21. The van der Waals surface area contributed by atoms with Crippen LogP contribution in [0.3, 0.4) is 0 Å². The molecule has 0 bridgehead atoms. The third-order valence-corrected chi connectivity index (χ3v) is 5.06. The van der Waals surface area contributed by atoms with Crippen LogP contribution < -0.4 is 10.6 Å². The van der Waals surface area contributed by atoms with Crippen LogP contribution in [0.1, 0.15) is 25.9 Å². The van der Waals surface area contributed by atoms with Crippen molar-refractivity contribution in [2.24, 2.45) is 0 Å². The molecule has 0 radical (unpaired) electrons. The standard InChI is InChI=1S/C16H15N3O2S2/c20-14(13-7-3-10-22-13)17-8-4-9-18-15(21)16-19-11-5-1-2-6-12(11)23-16/h1-3,5-7,10H,4,8-9H2,(H,17,20)(H,18,21). The molecule has 0 saturated heterocycles. The monoisotopic (exact) mass is 345 g/mol. The Morgan fingerprint density at radius 1 is 1.00 bits per heavy atom.